The molecule has 0 spiro atoms. The van der Waals surface area contributed by atoms with E-state index in [-0.39, 0.29) is 11.9 Å². The Bertz CT molecular complexity index is 723. The summed E-state index contributed by atoms with van der Waals surface area (Å²) in [5.74, 6) is -0.973. The van der Waals surface area contributed by atoms with Gasteiger partial charge in [-0.1, -0.05) is 6.92 Å². The maximum atomic E-state index is 13.6. The summed E-state index contributed by atoms with van der Waals surface area (Å²) in [4.78, 5) is 10.7. The van der Waals surface area contributed by atoms with E-state index >= 15 is 0 Å². The van der Waals surface area contributed by atoms with E-state index in [0.717, 1.165) is 24.6 Å². The Hall–Kier alpha value is -2.21. The van der Waals surface area contributed by atoms with Crippen LogP contribution in [0.4, 0.5) is 4.39 Å². The van der Waals surface area contributed by atoms with Gasteiger partial charge in [-0.25, -0.2) is 9.18 Å². The summed E-state index contributed by atoms with van der Waals surface area (Å²) < 4.78 is 15.4. The Labute approximate surface area is 121 Å². The second kappa shape index (κ2) is 5.29. The maximum Gasteiger partial charge on any atom is 0.328 e. The molecule has 1 aliphatic rings. The van der Waals surface area contributed by atoms with Crippen LogP contribution >= 0.6 is 0 Å². The van der Waals surface area contributed by atoms with Crippen molar-refractivity contribution < 1.29 is 14.3 Å². The van der Waals surface area contributed by atoms with Crippen LogP contribution in [0.3, 0.4) is 0 Å². The van der Waals surface area contributed by atoms with Gasteiger partial charge in [0, 0.05) is 18.0 Å². The molecule has 0 bridgehead atoms. The van der Waals surface area contributed by atoms with Gasteiger partial charge in [0.05, 0.1) is 17.3 Å². The molecule has 2 atom stereocenters. The number of aliphatic carboxylic acids is 1. The van der Waals surface area contributed by atoms with Crippen LogP contribution in [0.5, 0.6) is 0 Å². The third-order valence-electron chi connectivity index (χ3n) is 3.87. The number of aromatic nitrogens is 2. The number of nitrogens with one attached hydrogen (secondary N) is 1. The molecule has 1 aliphatic heterocycles. The highest BCUT2D eigenvalue weighted by Crippen LogP contribution is 2.29. The number of nitrogens with zero attached hydrogens (tertiary/aromatic N) is 2. The first-order valence-electron chi connectivity index (χ1n) is 6.86. The van der Waals surface area contributed by atoms with Gasteiger partial charge in [0.15, 0.2) is 0 Å². The molecule has 2 heterocycles. The number of fused-ring (bicyclic) bond motifs is 1. The smallest absolute Gasteiger partial charge is 0.328 e. The van der Waals surface area contributed by atoms with E-state index in [1.54, 1.807) is 6.07 Å². The fraction of sp³-hybridized carbons (Fsp3) is 0.333. The van der Waals surface area contributed by atoms with E-state index in [1.807, 2.05) is 4.68 Å². The molecule has 110 valence electrons. The predicted molar refractivity (Wildman–Crippen MR) is 77.4 cm³/mol. The summed E-state index contributed by atoms with van der Waals surface area (Å²) in [5, 5.41) is 17.3. The Balaban J connectivity index is 2.15. The third-order valence-corrected chi connectivity index (χ3v) is 3.87. The number of halogens is 1. The van der Waals surface area contributed by atoms with E-state index < -0.39 is 5.97 Å². The lowest BCUT2D eigenvalue weighted by atomic mass is 10.1. The summed E-state index contributed by atoms with van der Waals surface area (Å²) in [6, 6.07) is 4.60. The van der Waals surface area contributed by atoms with E-state index in [1.165, 1.54) is 18.2 Å². The number of hydrogen-bond acceptors (Lipinski definition) is 3. The van der Waals surface area contributed by atoms with Crippen molar-refractivity contribution in [1.29, 1.82) is 0 Å². The largest absolute Gasteiger partial charge is 0.478 e. The standard InChI is InChI=1S/C15H16FN3O2/c1-9-7-17-8-14(9)19-13-6-10(16)2-3-11(13)12(18-19)4-5-15(20)21/h2-6,9,14,17H,7-8H2,1H3,(H,20,21)/b5-4+/t9-,14+/m1/s1. The molecule has 21 heavy (non-hydrogen) atoms. The van der Waals surface area contributed by atoms with Gasteiger partial charge in [-0.2, -0.15) is 5.10 Å². The number of carboxylic acids is 1. The highest BCUT2D eigenvalue weighted by Gasteiger charge is 2.27. The molecule has 5 nitrogen and oxygen atoms in total. The number of carbonyl (C=O) groups is 1. The SMILES string of the molecule is C[C@@H]1CNC[C@@H]1n1nc(/C=C/C(=O)O)c2ccc(F)cc21. The molecule has 1 fully saturated rings. The summed E-state index contributed by atoms with van der Waals surface area (Å²) in [6.07, 6.45) is 2.50. The second-order valence-electron chi connectivity index (χ2n) is 5.37. The van der Waals surface area contributed by atoms with E-state index in [0.29, 0.717) is 17.1 Å². The van der Waals surface area contributed by atoms with E-state index in [9.17, 15) is 9.18 Å². The molecule has 0 radical (unpaired) electrons. The van der Waals surface area contributed by atoms with Gasteiger partial charge in [-0.05, 0) is 36.7 Å². The Morgan fingerprint density at radius 3 is 3.00 bits per heavy atom. The number of hydrogen-bond donors (Lipinski definition) is 2. The van der Waals surface area contributed by atoms with E-state index in [2.05, 4.69) is 17.3 Å². The Kier molecular flexibility index (Phi) is 3.47. The normalized spacial score (nSPS) is 22.4. The molecular weight excluding hydrogens is 273 g/mol. The number of carboxylic acid groups (broad SMARTS) is 1. The first-order chi connectivity index (χ1) is 10.1. The minimum atomic E-state index is -1.03. The van der Waals surface area contributed by atoms with Gasteiger partial charge >= 0.3 is 5.97 Å². The second-order valence-corrected chi connectivity index (χ2v) is 5.37. The van der Waals surface area contributed by atoms with E-state index in [4.69, 9.17) is 5.11 Å². The van der Waals surface area contributed by atoms with Gasteiger partial charge in [-0.15, -0.1) is 0 Å². The van der Waals surface area contributed by atoms with Gasteiger partial charge in [-0.3, -0.25) is 4.68 Å². The maximum absolute atomic E-state index is 13.6. The molecule has 1 saturated heterocycles. The zero-order valence-corrected chi connectivity index (χ0v) is 11.6. The summed E-state index contributed by atoms with van der Waals surface area (Å²) >= 11 is 0. The Morgan fingerprint density at radius 2 is 2.33 bits per heavy atom. The number of benzene rings is 1. The predicted octanol–water partition coefficient (Wildman–Crippen LogP) is 2.05. The number of rotatable bonds is 3. The van der Waals surface area contributed by atoms with Crippen molar-refractivity contribution in [2.45, 2.75) is 13.0 Å². The fourth-order valence-electron chi connectivity index (χ4n) is 2.78. The molecule has 6 heteroatoms. The lowest BCUT2D eigenvalue weighted by molar-refractivity contribution is -0.131. The molecule has 2 aromatic rings. The van der Waals surface area contributed by atoms with Crippen LogP contribution in [0.1, 0.15) is 18.7 Å². The van der Waals surface area contributed by atoms with Gasteiger partial charge < -0.3 is 10.4 Å². The highest BCUT2D eigenvalue weighted by molar-refractivity contribution is 5.92. The van der Waals surface area contributed by atoms with Gasteiger partial charge in [0.1, 0.15) is 5.82 Å². The monoisotopic (exact) mass is 289 g/mol. The fourth-order valence-corrected chi connectivity index (χ4v) is 2.78. The minimum Gasteiger partial charge on any atom is -0.478 e. The molecule has 0 saturated carbocycles. The quantitative estimate of drug-likeness (QED) is 0.849. The molecule has 0 unspecified atom stereocenters. The lowest BCUT2D eigenvalue weighted by Gasteiger charge is -2.15. The summed E-state index contributed by atoms with van der Waals surface area (Å²) in [6.45, 7) is 3.78. The van der Waals surface area contributed by atoms with Crippen molar-refractivity contribution in [2.75, 3.05) is 13.1 Å². The van der Waals surface area contributed by atoms with Crippen LogP contribution in [0.2, 0.25) is 0 Å². The zero-order valence-electron chi connectivity index (χ0n) is 11.6. The lowest BCUT2D eigenvalue weighted by Crippen LogP contribution is -2.17. The van der Waals surface area contributed by atoms with Crippen LogP contribution < -0.4 is 5.32 Å². The van der Waals surface area contributed by atoms with Crippen LogP contribution in [0.15, 0.2) is 24.3 Å². The van der Waals surface area contributed by atoms with Crippen LogP contribution in [0, 0.1) is 11.7 Å². The minimum absolute atomic E-state index is 0.140. The first kappa shape index (κ1) is 13.8. The molecule has 0 aliphatic carbocycles. The summed E-state index contributed by atoms with van der Waals surface area (Å²) in [7, 11) is 0. The van der Waals surface area contributed by atoms with Crippen molar-refractivity contribution >= 4 is 22.9 Å². The summed E-state index contributed by atoms with van der Waals surface area (Å²) in [5.41, 5.74) is 1.24. The van der Waals surface area contributed by atoms with Gasteiger partial charge in [0.25, 0.3) is 0 Å². The molecule has 2 N–H and O–H groups in total. The van der Waals surface area contributed by atoms with Crippen LogP contribution in [0.25, 0.3) is 17.0 Å². The highest BCUT2D eigenvalue weighted by atomic mass is 19.1. The first-order valence-corrected chi connectivity index (χ1v) is 6.86. The van der Waals surface area contributed by atoms with Gasteiger partial charge in [0.2, 0.25) is 0 Å². The average Bonchev–Trinajstić information content (AvgIpc) is 2.99. The van der Waals surface area contributed by atoms with Crippen molar-refractivity contribution in [1.82, 2.24) is 15.1 Å². The topological polar surface area (TPSA) is 67.2 Å². The zero-order chi connectivity index (χ0) is 15.0. The average molecular weight is 289 g/mol. The van der Waals surface area contributed by atoms with Crippen molar-refractivity contribution in [3.05, 3.63) is 35.8 Å². The molecular formula is C15H16FN3O2. The molecule has 0 amide bonds. The molecule has 1 aromatic carbocycles. The van der Waals surface area contributed by atoms with Crippen molar-refractivity contribution in [2.24, 2.45) is 5.92 Å². The van der Waals surface area contributed by atoms with Crippen LogP contribution in [-0.4, -0.2) is 33.9 Å². The Morgan fingerprint density at radius 1 is 1.52 bits per heavy atom. The van der Waals surface area contributed by atoms with Crippen molar-refractivity contribution in [3.63, 3.8) is 0 Å². The van der Waals surface area contributed by atoms with Crippen LogP contribution in [-0.2, 0) is 4.79 Å². The third kappa shape index (κ3) is 2.54. The van der Waals surface area contributed by atoms with Crippen molar-refractivity contribution in [3.8, 4) is 0 Å². The molecule has 3 rings (SSSR count). The molecule has 1 aromatic heterocycles.